The Balaban J connectivity index is 2.16. The van der Waals surface area contributed by atoms with Gasteiger partial charge in [-0.05, 0) is 12.0 Å². The van der Waals surface area contributed by atoms with E-state index in [0.717, 1.165) is 23.5 Å². The zero-order chi connectivity index (χ0) is 16.1. The highest BCUT2D eigenvalue weighted by Crippen LogP contribution is 2.24. The third-order valence-electron chi connectivity index (χ3n) is 2.86. The van der Waals surface area contributed by atoms with Crippen LogP contribution in [-0.4, -0.2) is 32.2 Å². The zero-order valence-electron chi connectivity index (χ0n) is 11.5. The number of carbonyl (C=O) groups is 2. The van der Waals surface area contributed by atoms with Gasteiger partial charge in [0.2, 0.25) is 5.91 Å². The molecule has 0 aliphatic heterocycles. The molecular weight excluding hydrogens is 304 g/mol. The molecule has 114 valence electrons. The van der Waals surface area contributed by atoms with E-state index >= 15 is 0 Å². The normalized spacial score (nSPS) is 11.8. The number of primary amides is 1. The van der Waals surface area contributed by atoms with Crippen molar-refractivity contribution in [3.8, 4) is 0 Å². The maximum atomic E-state index is 11.6. The summed E-state index contributed by atoms with van der Waals surface area (Å²) in [5.41, 5.74) is 11.7. The number of nitrogens with zero attached hydrogens (tertiary/aromatic N) is 2. The van der Waals surface area contributed by atoms with Crippen molar-refractivity contribution in [3.05, 3.63) is 47.7 Å². The molecule has 0 spiro atoms. The van der Waals surface area contributed by atoms with Crippen molar-refractivity contribution in [1.82, 2.24) is 9.97 Å². The Morgan fingerprint density at radius 2 is 1.95 bits per heavy atom. The zero-order valence-corrected chi connectivity index (χ0v) is 12.3. The summed E-state index contributed by atoms with van der Waals surface area (Å²) in [7, 11) is 0. The molecule has 0 aliphatic carbocycles. The predicted molar refractivity (Wildman–Crippen MR) is 82.4 cm³/mol. The summed E-state index contributed by atoms with van der Waals surface area (Å²) >= 11 is 1.06. The number of aromatic carboxylic acids is 1. The molecule has 0 saturated heterocycles. The van der Waals surface area contributed by atoms with Gasteiger partial charge in [0.25, 0.3) is 0 Å². The Morgan fingerprint density at radius 1 is 1.27 bits per heavy atom. The first-order valence-corrected chi connectivity index (χ1v) is 7.21. The van der Waals surface area contributed by atoms with Gasteiger partial charge in [-0.15, -0.1) is 0 Å². The molecule has 1 heterocycles. The number of hydrogen-bond acceptors (Lipinski definition) is 6. The second-order valence-corrected chi connectivity index (χ2v) is 5.63. The minimum Gasteiger partial charge on any atom is -0.477 e. The monoisotopic (exact) mass is 318 g/mol. The fourth-order valence-corrected chi connectivity index (χ4v) is 2.67. The highest BCUT2D eigenvalue weighted by atomic mass is 32.2. The van der Waals surface area contributed by atoms with E-state index in [9.17, 15) is 9.59 Å². The number of carbonyl (C=O) groups excluding carboxylic acids is 1. The van der Waals surface area contributed by atoms with Crippen LogP contribution in [0.3, 0.4) is 0 Å². The fourth-order valence-electron chi connectivity index (χ4n) is 1.76. The highest BCUT2D eigenvalue weighted by molar-refractivity contribution is 8.00. The van der Waals surface area contributed by atoms with Gasteiger partial charge in [0.15, 0.2) is 5.16 Å². The first kappa shape index (κ1) is 15.8. The average Bonchev–Trinajstić information content (AvgIpc) is 2.47. The van der Waals surface area contributed by atoms with Crippen LogP contribution in [0.5, 0.6) is 0 Å². The molecule has 7 nitrogen and oxygen atoms in total. The van der Waals surface area contributed by atoms with Crippen LogP contribution in [0.2, 0.25) is 0 Å². The summed E-state index contributed by atoms with van der Waals surface area (Å²) in [6.45, 7) is 0. The summed E-state index contributed by atoms with van der Waals surface area (Å²) in [5.74, 6) is -1.85. The Hall–Kier alpha value is -2.61. The number of amides is 1. The van der Waals surface area contributed by atoms with E-state index in [0.29, 0.717) is 6.42 Å². The van der Waals surface area contributed by atoms with E-state index in [4.69, 9.17) is 16.6 Å². The quantitative estimate of drug-likeness (QED) is 0.533. The van der Waals surface area contributed by atoms with Crippen LogP contribution in [0.1, 0.15) is 15.9 Å². The maximum absolute atomic E-state index is 11.6. The minimum atomic E-state index is -1.20. The van der Waals surface area contributed by atoms with Gasteiger partial charge in [0, 0.05) is 6.20 Å². The second-order valence-electron chi connectivity index (χ2n) is 4.46. The molecule has 1 aromatic carbocycles. The maximum Gasteiger partial charge on any atom is 0.341 e. The second kappa shape index (κ2) is 6.90. The molecule has 1 aromatic heterocycles. The van der Waals surface area contributed by atoms with Gasteiger partial charge in [-0.3, -0.25) is 4.79 Å². The van der Waals surface area contributed by atoms with Crippen LogP contribution in [0.15, 0.2) is 41.7 Å². The van der Waals surface area contributed by atoms with Crippen molar-refractivity contribution in [2.75, 3.05) is 5.73 Å². The van der Waals surface area contributed by atoms with Crippen LogP contribution < -0.4 is 11.5 Å². The van der Waals surface area contributed by atoms with E-state index in [-0.39, 0.29) is 16.5 Å². The Kier molecular flexibility index (Phi) is 4.95. The molecular formula is C14H14N4O3S. The topological polar surface area (TPSA) is 132 Å². The summed E-state index contributed by atoms with van der Waals surface area (Å²) in [6.07, 6.45) is 1.54. The molecule has 8 heteroatoms. The average molecular weight is 318 g/mol. The van der Waals surface area contributed by atoms with Crippen molar-refractivity contribution < 1.29 is 14.7 Å². The number of aromatic nitrogens is 2. The standard InChI is InChI=1S/C14H14N4O3S/c15-11-9(13(20)21)7-17-14(18-11)22-10(12(16)19)6-8-4-2-1-3-5-8/h1-5,7,10H,6H2,(H2,16,19)(H,20,21)(H2,15,17,18). The largest absolute Gasteiger partial charge is 0.477 e. The summed E-state index contributed by atoms with van der Waals surface area (Å²) in [4.78, 5) is 30.3. The smallest absolute Gasteiger partial charge is 0.341 e. The lowest BCUT2D eigenvalue weighted by Crippen LogP contribution is -2.28. The van der Waals surface area contributed by atoms with E-state index in [1.165, 1.54) is 0 Å². The molecule has 0 fully saturated rings. The van der Waals surface area contributed by atoms with Crippen LogP contribution >= 0.6 is 11.8 Å². The number of hydrogen-bond donors (Lipinski definition) is 3. The molecule has 0 bridgehead atoms. The van der Waals surface area contributed by atoms with Crippen LogP contribution in [0.4, 0.5) is 5.82 Å². The predicted octanol–water partition coefficient (Wildman–Crippen LogP) is 0.946. The van der Waals surface area contributed by atoms with Crippen molar-refractivity contribution in [3.63, 3.8) is 0 Å². The number of nitrogen functional groups attached to an aromatic ring is 1. The number of nitrogens with two attached hydrogens (primary N) is 2. The summed E-state index contributed by atoms with van der Waals surface area (Å²) < 4.78 is 0. The van der Waals surface area contributed by atoms with E-state index in [1.807, 2.05) is 30.3 Å². The van der Waals surface area contributed by atoms with Gasteiger partial charge in [-0.25, -0.2) is 14.8 Å². The number of thioether (sulfide) groups is 1. The van der Waals surface area contributed by atoms with Gasteiger partial charge in [-0.2, -0.15) is 0 Å². The molecule has 22 heavy (non-hydrogen) atoms. The molecule has 0 saturated carbocycles. The summed E-state index contributed by atoms with van der Waals surface area (Å²) in [6, 6.07) is 9.39. The third kappa shape index (κ3) is 3.95. The number of rotatable bonds is 6. The van der Waals surface area contributed by atoms with Gasteiger partial charge in [0.1, 0.15) is 11.4 Å². The van der Waals surface area contributed by atoms with E-state index in [1.54, 1.807) is 0 Å². The summed E-state index contributed by atoms with van der Waals surface area (Å²) in [5, 5.41) is 8.52. The third-order valence-corrected chi connectivity index (χ3v) is 3.95. The lowest BCUT2D eigenvalue weighted by molar-refractivity contribution is -0.117. The van der Waals surface area contributed by atoms with Gasteiger partial charge >= 0.3 is 5.97 Å². The minimum absolute atomic E-state index is 0.145. The van der Waals surface area contributed by atoms with Crippen LogP contribution in [0, 0.1) is 0 Å². The molecule has 2 rings (SSSR count). The highest BCUT2D eigenvalue weighted by Gasteiger charge is 2.20. The lowest BCUT2D eigenvalue weighted by Gasteiger charge is -2.12. The molecule has 2 aromatic rings. The molecule has 5 N–H and O–H groups in total. The number of benzene rings is 1. The van der Waals surface area contributed by atoms with Crippen molar-refractivity contribution >= 4 is 29.5 Å². The van der Waals surface area contributed by atoms with Crippen molar-refractivity contribution in [1.29, 1.82) is 0 Å². The first-order valence-electron chi connectivity index (χ1n) is 6.33. The van der Waals surface area contributed by atoms with Crippen LogP contribution in [-0.2, 0) is 11.2 Å². The Morgan fingerprint density at radius 3 is 2.50 bits per heavy atom. The number of carboxylic acids is 1. The van der Waals surface area contributed by atoms with Gasteiger partial charge < -0.3 is 16.6 Å². The lowest BCUT2D eigenvalue weighted by atomic mass is 10.1. The molecule has 1 atom stereocenters. The van der Waals surface area contributed by atoms with Crippen molar-refractivity contribution in [2.24, 2.45) is 5.73 Å². The number of carboxylic acid groups (broad SMARTS) is 1. The molecule has 0 aliphatic rings. The fraction of sp³-hybridized carbons (Fsp3) is 0.143. The Labute approximate surface area is 130 Å². The van der Waals surface area contributed by atoms with Crippen molar-refractivity contribution in [2.45, 2.75) is 16.8 Å². The SMILES string of the molecule is NC(=O)C(Cc1ccccc1)Sc1ncc(C(=O)O)c(N)n1. The number of anilines is 1. The molecule has 1 amide bonds. The van der Waals surface area contributed by atoms with E-state index in [2.05, 4.69) is 9.97 Å². The van der Waals surface area contributed by atoms with E-state index < -0.39 is 17.1 Å². The first-order chi connectivity index (χ1) is 10.5. The van der Waals surface area contributed by atoms with Gasteiger partial charge in [-0.1, -0.05) is 42.1 Å². The van der Waals surface area contributed by atoms with Gasteiger partial charge in [0.05, 0.1) is 5.25 Å². The molecule has 1 unspecified atom stereocenters. The van der Waals surface area contributed by atoms with Crippen LogP contribution in [0.25, 0.3) is 0 Å². The Bertz CT molecular complexity index is 694. The molecule has 0 radical (unpaired) electrons.